The second-order valence-electron chi connectivity index (χ2n) is 5.47. The summed E-state index contributed by atoms with van der Waals surface area (Å²) in [5, 5.41) is 0.733. The van der Waals surface area contributed by atoms with E-state index in [2.05, 4.69) is 6.92 Å². The summed E-state index contributed by atoms with van der Waals surface area (Å²) < 4.78 is 5.97. The molecule has 0 bridgehead atoms. The molecule has 0 aliphatic carbocycles. The topological polar surface area (TPSA) is 35.2 Å². The van der Waals surface area contributed by atoms with Gasteiger partial charge in [-0.3, -0.25) is 0 Å². The lowest BCUT2D eigenvalue weighted by molar-refractivity contribution is 0.0358. The van der Waals surface area contributed by atoms with E-state index in [9.17, 15) is 0 Å². The fourth-order valence-electron chi connectivity index (χ4n) is 2.33. The second-order valence-corrected chi connectivity index (χ2v) is 5.91. The number of rotatable bonds is 10. The number of halogens is 1. The number of ether oxygens (including phenoxy) is 1. The van der Waals surface area contributed by atoms with Gasteiger partial charge in [0.2, 0.25) is 0 Å². The average Bonchev–Trinajstić information content (AvgIpc) is 2.41. The Balaban J connectivity index is 2.33. The van der Waals surface area contributed by atoms with Crippen LogP contribution >= 0.6 is 11.6 Å². The number of hydrogen-bond donors (Lipinski definition) is 1. The average molecular weight is 298 g/mol. The third-order valence-corrected chi connectivity index (χ3v) is 3.69. The molecule has 0 heterocycles. The van der Waals surface area contributed by atoms with Crippen LogP contribution in [0.4, 0.5) is 0 Å². The van der Waals surface area contributed by atoms with E-state index in [1.165, 1.54) is 32.1 Å². The van der Waals surface area contributed by atoms with Crippen molar-refractivity contribution >= 4 is 11.6 Å². The van der Waals surface area contributed by atoms with Gasteiger partial charge in [-0.05, 0) is 31.0 Å². The van der Waals surface area contributed by atoms with Crippen LogP contribution in [0.2, 0.25) is 5.02 Å². The molecule has 1 aromatic rings. The maximum absolute atomic E-state index is 6.03. The van der Waals surface area contributed by atoms with E-state index in [0.29, 0.717) is 0 Å². The van der Waals surface area contributed by atoms with Gasteiger partial charge >= 0.3 is 0 Å². The highest BCUT2D eigenvalue weighted by atomic mass is 35.5. The summed E-state index contributed by atoms with van der Waals surface area (Å²) in [6.07, 6.45) is 7.54. The fourth-order valence-corrected chi connectivity index (χ4v) is 2.53. The zero-order valence-corrected chi connectivity index (χ0v) is 13.5. The van der Waals surface area contributed by atoms with Crippen molar-refractivity contribution in [1.29, 1.82) is 0 Å². The van der Waals surface area contributed by atoms with Crippen LogP contribution in [-0.2, 0) is 4.74 Å². The van der Waals surface area contributed by atoms with E-state index in [1.807, 2.05) is 31.2 Å². The van der Waals surface area contributed by atoms with E-state index < -0.39 is 0 Å². The zero-order chi connectivity index (χ0) is 14.8. The summed E-state index contributed by atoms with van der Waals surface area (Å²) in [5.41, 5.74) is 7.10. The first-order valence-corrected chi connectivity index (χ1v) is 8.15. The summed E-state index contributed by atoms with van der Waals surface area (Å²) in [6, 6.07) is 7.75. The number of unbranched alkanes of at least 4 members (excludes halogenated alkanes) is 5. The molecule has 0 aromatic heterocycles. The van der Waals surface area contributed by atoms with Gasteiger partial charge < -0.3 is 10.5 Å². The minimum atomic E-state index is -0.0654. The lowest BCUT2D eigenvalue weighted by atomic mass is 10.0. The van der Waals surface area contributed by atoms with Crippen molar-refractivity contribution < 1.29 is 4.74 Å². The molecule has 2 atom stereocenters. The van der Waals surface area contributed by atoms with Crippen molar-refractivity contribution in [2.75, 3.05) is 6.61 Å². The van der Waals surface area contributed by atoms with Crippen LogP contribution in [0, 0.1) is 0 Å². The van der Waals surface area contributed by atoms with E-state index >= 15 is 0 Å². The van der Waals surface area contributed by atoms with Gasteiger partial charge in [-0.25, -0.2) is 0 Å². The summed E-state index contributed by atoms with van der Waals surface area (Å²) in [6.45, 7) is 4.99. The third kappa shape index (κ3) is 6.74. The number of hydrogen-bond acceptors (Lipinski definition) is 2. The molecule has 20 heavy (non-hydrogen) atoms. The van der Waals surface area contributed by atoms with Crippen molar-refractivity contribution in [3.05, 3.63) is 34.9 Å². The van der Waals surface area contributed by atoms with Crippen molar-refractivity contribution in [3.63, 3.8) is 0 Å². The summed E-state index contributed by atoms with van der Waals surface area (Å²) in [5.74, 6) is 0. The highest BCUT2D eigenvalue weighted by molar-refractivity contribution is 6.30. The molecule has 0 aliphatic heterocycles. The first-order valence-electron chi connectivity index (χ1n) is 7.77. The van der Waals surface area contributed by atoms with E-state index in [-0.39, 0.29) is 12.1 Å². The van der Waals surface area contributed by atoms with Gasteiger partial charge in [0.1, 0.15) is 0 Å². The van der Waals surface area contributed by atoms with Crippen LogP contribution in [0.15, 0.2) is 24.3 Å². The molecule has 2 N–H and O–H groups in total. The molecule has 0 amide bonds. The Hall–Kier alpha value is -0.570. The molecule has 0 spiro atoms. The summed E-state index contributed by atoms with van der Waals surface area (Å²) in [4.78, 5) is 0. The fraction of sp³-hybridized carbons (Fsp3) is 0.647. The predicted octanol–water partition coefficient (Wildman–Crippen LogP) is 5.11. The minimum Gasteiger partial charge on any atom is -0.372 e. The number of benzene rings is 1. The van der Waals surface area contributed by atoms with Crippen molar-refractivity contribution in [3.8, 4) is 0 Å². The maximum Gasteiger partial charge on any atom is 0.0973 e. The molecular weight excluding hydrogens is 270 g/mol. The molecule has 0 saturated carbocycles. The van der Waals surface area contributed by atoms with E-state index in [0.717, 1.165) is 23.6 Å². The molecule has 2 unspecified atom stereocenters. The van der Waals surface area contributed by atoms with Crippen LogP contribution in [-0.4, -0.2) is 12.6 Å². The monoisotopic (exact) mass is 297 g/mol. The molecule has 0 saturated heterocycles. The Labute approximate surface area is 128 Å². The molecule has 0 radical (unpaired) electrons. The van der Waals surface area contributed by atoms with Crippen LogP contribution in [0.5, 0.6) is 0 Å². The SMILES string of the molecule is CCCCCCCCOC(c1cccc(Cl)c1)C(C)N. The maximum atomic E-state index is 6.03. The quantitative estimate of drug-likeness (QED) is 0.609. The minimum absolute atomic E-state index is 0.0337. The highest BCUT2D eigenvalue weighted by Crippen LogP contribution is 2.23. The predicted molar refractivity (Wildman–Crippen MR) is 87.2 cm³/mol. The van der Waals surface area contributed by atoms with E-state index in [4.69, 9.17) is 22.1 Å². The van der Waals surface area contributed by atoms with E-state index in [1.54, 1.807) is 0 Å². The first-order chi connectivity index (χ1) is 9.65. The Bertz CT molecular complexity index is 368. The molecule has 114 valence electrons. The number of nitrogens with two attached hydrogens (primary N) is 1. The standard InChI is InChI=1S/C17H28ClNO/c1-3-4-5-6-7-8-12-20-17(14(2)19)15-10-9-11-16(18)13-15/h9-11,13-14,17H,3-8,12,19H2,1-2H3. The third-order valence-electron chi connectivity index (χ3n) is 3.45. The van der Waals surface area contributed by atoms with Gasteiger partial charge in [0.05, 0.1) is 6.10 Å². The molecular formula is C17H28ClNO. The van der Waals surface area contributed by atoms with Crippen LogP contribution in [0.25, 0.3) is 0 Å². The van der Waals surface area contributed by atoms with Gasteiger partial charge in [-0.2, -0.15) is 0 Å². The molecule has 1 rings (SSSR count). The van der Waals surface area contributed by atoms with Crippen LogP contribution < -0.4 is 5.73 Å². The molecule has 3 heteroatoms. The van der Waals surface area contributed by atoms with Crippen LogP contribution in [0.1, 0.15) is 64.0 Å². The summed E-state index contributed by atoms with van der Waals surface area (Å²) >= 11 is 6.03. The smallest absolute Gasteiger partial charge is 0.0973 e. The highest BCUT2D eigenvalue weighted by Gasteiger charge is 2.16. The summed E-state index contributed by atoms with van der Waals surface area (Å²) in [7, 11) is 0. The normalized spacial score (nSPS) is 14.2. The van der Waals surface area contributed by atoms with Crippen molar-refractivity contribution in [1.82, 2.24) is 0 Å². The van der Waals surface area contributed by atoms with Gasteiger partial charge in [0, 0.05) is 17.7 Å². The molecule has 0 fully saturated rings. The van der Waals surface area contributed by atoms with Gasteiger partial charge in [0.25, 0.3) is 0 Å². The molecule has 1 aromatic carbocycles. The van der Waals surface area contributed by atoms with Gasteiger partial charge in [-0.1, -0.05) is 62.8 Å². The zero-order valence-electron chi connectivity index (χ0n) is 12.8. The van der Waals surface area contributed by atoms with Crippen molar-refractivity contribution in [2.24, 2.45) is 5.73 Å². The second kappa shape index (κ2) is 10.2. The first kappa shape index (κ1) is 17.5. The van der Waals surface area contributed by atoms with Crippen molar-refractivity contribution in [2.45, 2.75) is 64.5 Å². The Kier molecular flexibility index (Phi) is 8.92. The van der Waals surface area contributed by atoms with Crippen LogP contribution in [0.3, 0.4) is 0 Å². The van der Waals surface area contributed by atoms with Gasteiger partial charge in [-0.15, -0.1) is 0 Å². The lowest BCUT2D eigenvalue weighted by Crippen LogP contribution is -2.27. The van der Waals surface area contributed by atoms with Gasteiger partial charge in [0.15, 0.2) is 0 Å². The molecule has 2 nitrogen and oxygen atoms in total. The Morgan fingerprint density at radius 1 is 1.15 bits per heavy atom. The lowest BCUT2D eigenvalue weighted by Gasteiger charge is -2.22. The Morgan fingerprint density at radius 2 is 1.85 bits per heavy atom. The largest absolute Gasteiger partial charge is 0.372 e. The Morgan fingerprint density at radius 3 is 2.50 bits per heavy atom. The molecule has 0 aliphatic rings.